The first kappa shape index (κ1) is 29.6. The van der Waals surface area contributed by atoms with Crippen molar-refractivity contribution in [1.29, 1.82) is 0 Å². The summed E-state index contributed by atoms with van der Waals surface area (Å²) in [5.74, 6) is -0.812. The summed E-state index contributed by atoms with van der Waals surface area (Å²) in [4.78, 5) is 8.83. The van der Waals surface area contributed by atoms with Crippen LogP contribution in [-0.2, 0) is 25.1 Å². The van der Waals surface area contributed by atoms with Gasteiger partial charge in [-0.05, 0) is 81.1 Å². The van der Waals surface area contributed by atoms with Crippen molar-refractivity contribution in [3.05, 3.63) is 58.6 Å². The van der Waals surface area contributed by atoms with Gasteiger partial charge in [0.1, 0.15) is 36.4 Å². The first-order valence-corrected chi connectivity index (χ1v) is 17.4. The molecule has 0 bridgehead atoms. The van der Waals surface area contributed by atoms with Crippen molar-refractivity contribution in [1.82, 2.24) is 14.5 Å². The fourth-order valence-electron chi connectivity index (χ4n) is 5.45. The van der Waals surface area contributed by atoms with Crippen molar-refractivity contribution in [2.45, 2.75) is 109 Å². The van der Waals surface area contributed by atoms with Crippen LogP contribution in [0.1, 0.15) is 70.2 Å². The third-order valence-corrected chi connectivity index (χ3v) is 13.4. The zero-order valence-electron chi connectivity index (χ0n) is 24.8. The molecule has 5 atom stereocenters. The normalized spacial score (nSPS) is 25.4. The molecule has 2 aliphatic rings. The molecule has 0 aliphatic carbocycles. The number of nitrogens with zero attached hydrogens (tertiary/aromatic N) is 3. The molecule has 2 aliphatic heterocycles. The van der Waals surface area contributed by atoms with Crippen molar-refractivity contribution >= 4 is 31.0 Å². The number of aliphatic hydroxyl groups is 1. The summed E-state index contributed by atoms with van der Waals surface area (Å²) in [7, 11) is -1.83. The first-order chi connectivity index (χ1) is 18.7. The summed E-state index contributed by atoms with van der Waals surface area (Å²) in [6, 6.07) is 7.63. The summed E-state index contributed by atoms with van der Waals surface area (Å²) in [6.45, 7) is 17.7. The van der Waals surface area contributed by atoms with Crippen LogP contribution in [0.5, 0.6) is 0 Å². The summed E-state index contributed by atoms with van der Waals surface area (Å²) in [6.07, 6.45) is 2.04. The fraction of sp³-hybridized carbons (Fsp3) is 0.600. The molecule has 3 aromatic rings. The van der Waals surface area contributed by atoms with Crippen LogP contribution in [0.15, 0.2) is 36.8 Å². The zero-order valence-corrected chi connectivity index (χ0v) is 26.5. The van der Waals surface area contributed by atoms with Crippen molar-refractivity contribution in [3.8, 4) is 0 Å². The maximum atomic E-state index is 11.8. The van der Waals surface area contributed by atoms with Crippen LogP contribution in [0, 0.1) is 6.92 Å². The molecule has 2 saturated heterocycles. The molecule has 0 amide bonds. The number of hydrogen-bond acceptors (Lipinski definition) is 7. The highest BCUT2D eigenvalue weighted by Gasteiger charge is 2.58. The Hall–Kier alpha value is -1.85. The number of ether oxygens (including phenoxy) is 3. The summed E-state index contributed by atoms with van der Waals surface area (Å²) in [5, 5.41) is 13.6. The van der Waals surface area contributed by atoms with Gasteiger partial charge in [0, 0.05) is 23.2 Å². The Kier molecular flexibility index (Phi) is 7.97. The highest BCUT2D eigenvalue weighted by Crippen LogP contribution is 2.47. The average Bonchev–Trinajstić information content (AvgIpc) is 3.52. The number of halogens is 1. The second kappa shape index (κ2) is 10.8. The third kappa shape index (κ3) is 5.62. The van der Waals surface area contributed by atoms with Gasteiger partial charge in [-0.25, -0.2) is 9.97 Å². The van der Waals surface area contributed by atoms with Crippen LogP contribution in [0.2, 0.25) is 23.2 Å². The minimum Gasteiger partial charge on any atom is -0.417 e. The van der Waals surface area contributed by atoms with E-state index in [1.165, 1.54) is 0 Å². The molecular weight excluding hydrogens is 546 g/mol. The lowest BCUT2D eigenvalue weighted by atomic mass is 9.93. The maximum Gasteiger partial charge on any atom is 0.191 e. The lowest BCUT2D eigenvalue weighted by Gasteiger charge is -2.36. The highest BCUT2D eigenvalue weighted by molar-refractivity contribution is 6.74. The fourth-order valence-corrected chi connectivity index (χ4v) is 6.73. The minimum absolute atomic E-state index is 0.157. The summed E-state index contributed by atoms with van der Waals surface area (Å²) in [5.41, 5.74) is 3.41. The van der Waals surface area contributed by atoms with Crippen LogP contribution in [0.25, 0.3) is 11.0 Å². The van der Waals surface area contributed by atoms with Crippen molar-refractivity contribution in [2.75, 3.05) is 6.61 Å². The van der Waals surface area contributed by atoms with E-state index in [-0.39, 0.29) is 5.04 Å². The second-order valence-corrected chi connectivity index (χ2v) is 18.2. The molecule has 218 valence electrons. The third-order valence-electron chi connectivity index (χ3n) is 8.64. The van der Waals surface area contributed by atoms with Crippen LogP contribution < -0.4 is 0 Å². The van der Waals surface area contributed by atoms with E-state index in [0.717, 1.165) is 40.7 Å². The van der Waals surface area contributed by atoms with Gasteiger partial charge in [0.15, 0.2) is 20.3 Å². The lowest BCUT2D eigenvalue weighted by molar-refractivity contribution is -0.207. The predicted molar refractivity (Wildman–Crippen MR) is 158 cm³/mol. The molecule has 1 unspecified atom stereocenters. The van der Waals surface area contributed by atoms with Gasteiger partial charge in [-0.3, -0.25) is 0 Å². The van der Waals surface area contributed by atoms with Gasteiger partial charge in [-0.15, -0.1) is 0 Å². The molecule has 10 heteroatoms. The molecule has 1 N–H and O–H groups in total. The Bertz CT molecular complexity index is 1370. The molecular formula is C30H42ClN3O5Si. The topological polar surface area (TPSA) is 87.9 Å². The number of benzene rings is 1. The first-order valence-electron chi connectivity index (χ1n) is 14.1. The number of aryl methyl sites for hydroxylation is 2. The molecule has 0 spiro atoms. The lowest BCUT2D eigenvalue weighted by Crippen LogP contribution is -2.41. The van der Waals surface area contributed by atoms with Crippen LogP contribution in [-0.4, -0.2) is 58.7 Å². The summed E-state index contributed by atoms with van der Waals surface area (Å²) >= 11 is 6.41. The number of aromatic nitrogens is 3. The largest absolute Gasteiger partial charge is 0.417 e. The van der Waals surface area contributed by atoms with Gasteiger partial charge in [-0.1, -0.05) is 38.4 Å². The van der Waals surface area contributed by atoms with E-state index in [4.69, 9.17) is 30.2 Å². The Morgan fingerprint density at radius 3 is 2.60 bits per heavy atom. The van der Waals surface area contributed by atoms with Gasteiger partial charge in [0.05, 0.1) is 5.69 Å². The Morgan fingerprint density at radius 1 is 1.15 bits per heavy atom. The van der Waals surface area contributed by atoms with Gasteiger partial charge in [-0.2, -0.15) is 0 Å². The Balaban J connectivity index is 1.39. The number of aliphatic hydroxyl groups excluding tert-OH is 1. The molecule has 40 heavy (non-hydrogen) atoms. The molecule has 5 rings (SSSR count). The van der Waals surface area contributed by atoms with Crippen molar-refractivity contribution in [3.63, 3.8) is 0 Å². The standard InChI is InChI=1S/C30H42ClN3O5Si/c1-18-21-13-14-34(27(21)33-17-32-18)28-26-25(38-30(5,6)39-26)24(37-28)23(35)22-12-11-20(31)16-19(22)10-9-15-36-40(7,8)29(2,3)4/h11-14,16-17,23-26,28,35H,9-10,15H2,1-8H3/t23?,24-,25-,26-,28-/m1/s1. The van der Waals surface area contributed by atoms with E-state index in [1.807, 2.05) is 55.8 Å². The maximum absolute atomic E-state index is 11.8. The van der Waals surface area contributed by atoms with Gasteiger partial charge < -0.3 is 28.3 Å². The smallest absolute Gasteiger partial charge is 0.191 e. The molecule has 0 radical (unpaired) electrons. The summed E-state index contributed by atoms with van der Waals surface area (Å²) < 4.78 is 27.6. The van der Waals surface area contributed by atoms with Gasteiger partial charge >= 0.3 is 0 Å². The van der Waals surface area contributed by atoms with Crippen LogP contribution >= 0.6 is 11.6 Å². The highest BCUT2D eigenvalue weighted by atomic mass is 35.5. The number of fused-ring (bicyclic) bond motifs is 2. The predicted octanol–water partition coefficient (Wildman–Crippen LogP) is 6.50. The molecule has 1 aromatic carbocycles. The molecule has 2 aromatic heterocycles. The number of rotatable bonds is 8. The van der Waals surface area contributed by atoms with Crippen LogP contribution in [0.4, 0.5) is 0 Å². The van der Waals surface area contributed by atoms with Gasteiger partial charge in [0.2, 0.25) is 0 Å². The number of hydrogen-bond donors (Lipinski definition) is 1. The van der Waals surface area contributed by atoms with E-state index in [0.29, 0.717) is 11.6 Å². The van der Waals surface area contributed by atoms with Crippen LogP contribution in [0.3, 0.4) is 0 Å². The monoisotopic (exact) mass is 587 g/mol. The van der Waals surface area contributed by atoms with Gasteiger partial charge in [0.25, 0.3) is 0 Å². The minimum atomic E-state index is -1.83. The molecule has 4 heterocycles. The van der Waals surface area contributed by atoms with E-state index in [2.05, 4.69) is 43.8 Å². The average molecular weight is 588 g/mol. The quantitative estimate of drug-likeness (QED) is 0.238. The van der Waals surface area contributed by atoms with E-state index in [1.54, 1.807) is 6.33 Å². The van der Waals surface area contributed by atoms with E-state index >= 15 is 0 Å². The SMILES string of the molecule is Cc1ncnc2c1ccn2[C@@H]1O[C@H](C(O)c2ccc(Cl)cc2CCCO[Si](C)(C)C(C)(C)C)[C@H]2OC(C)(C)O[C@H]21. The molecule has 2 fully saturated rings. The van der Waals surface area contributed by atoms with Crippen molar-refractivity contribution < 1.29 is 23.7 Å². The Morgan fingerprint density at radius 2 is 1.88 bits per heavy atom. The molecule has 8 nitrogen and oxygen atoms in total. The van der Waals surface area contributed by atoms with E-state index in [9.17, 15) is 5.11 Å². The second-order valence-electron chi connectivity index (χ2n) is 13.0. The zero-order chi connectivity index (χ0) is 29.0. The van der Waals surface area contributed by atoms with Crippen molar-refractivity contribution in [2.24, 2.45) is 0 Å². The Labute approximate surface area is 243 Å². The van der Waals surface area contributed by atoms with E-state index < -0.39 is 44.7 Å². The molecule has 0 saturated carbocycles.